The van der Waals surface area contributed by atoms with Crippen LogP contribution in [0.5, 0.6) is 0 Å². The van der Waals surface area contributed by atoms with Gasteiger partial charge in [0.15, 0.2) is 0 Å². The van der Waals surface area contributed by atoms with Crippen LogP contribution in [0.15, 0.2) is 24.3 Å². The van der Waals surface area contributed by atoms with Crippen LogP contribution in [-0.2, 0) is 6.42 Å². The Labute approximate surface area is 112 Å². The van der Waals surface area contributed by atoms with Gasteiger partial charge in [-0.3, -0.25) is 0 Å². The zero-order chi connectivity index (χ0) is 13.0. The van der Waals surface area contributed by atoms with Crippen LogP contribution in [0.3, 0.4) is 0 Å². The average molecular weight is 245 g/mol. The van der Waals surface area contributed by atoms with Crippen LogP contribution in [0.1, 0.15) is 37.8 Å². The second kappa shape index (κ2) is 6.38. The van der Waals surface area contributed by atoms with Crippen molar-refractivity contribution in [1.82, 2.24) is 5.32 Å². The summed E-state index contributed by atoms with van der Waals surface area (Å²) >= 11 is 0. The molecule has 0 saturated heterocycles. The smallest absolute Gasteiger partial charge is 0.00176 e. The molecule has 18 heavy (non-hydrogen) atoms. The van der Waals surface area contributed by atoms with Crippen LogP contribution in [0.25, 0.3) is 0 Å². The van der Waals surface area contributed by atoms with Crippen LogP contribution in [0.2, 0.25) is 0 Å². The molecule has 1 saturated carbocycles. The van der Waals surface area contributed by atoms with Gasteiger partial charge < -0.3 is 5.32 Å². The molecule has 1 aliphatic rings. The maximum Gasteiger partial charge on any atom is -0.00176 e. The fourth-order valence-electron chi connectivity index (χ4n) is 2.87. The molecule has 0 bridgehead atoms. The lowest BCUT2D eigenvalue weighted by Crippen LogP contribution is -2.37. The predicted octanol–water partition coefficient (Wildman–Crippen LogP) is 3.81. The van der Waals surface area contributed by atoms with Gasteiger partial charge in [-0.2, -0.15) is 0 Å². The third kappa shape index (κ3) is 3.84. The highest BCUT2D eigenvalue weighted by Gasteiger charge is 2.30. The summed E-state index contributed by atoms with van der Waals surface area (Å²) in [5.74, 6) is 2.58. The summed E-state index contributed by atoms with van der Waals surface area (Å²) in [6.07, 6.45) is 4.11. The summed E-state index contributed by atoms with van der Waals surface area (Å²) < 4.78 is 0. The van der Waals surface area contributed by atoms with Gasteiger partial charge in [0.1, 0.15) is 0 Å². The molecule has 100 valence electrons. The Balaban J connectivity index is 1.76. The molecule has 1 aliphatic carbocycles. The highest BCUT2D eigenvalue weighted by atomic mass is 14.9. The molecule has 0 aromatic heterocycles. The van der Waals surface area contributed by atoms with Gasteiger partial charge in [-0.15, -0.1) is 0 Å². The van der Waals surface area contributed by atoms with Crippen molar-refractivity contribution < 1.29 is 0 Å². The second-order valence-corrected chi connectivity index (χ2v) is 6.34. The van der Waals surface area contributed by atoms with E-state index in [-0.39, 0.29) is 0 Å². The molecule has 0 heterocycles. The zero-order valence-electron chi connectivity index (χ0n) is 12.1. The first-order valence-electron chi connectivity index (χ1n) is 7.41. The van der Waals surface area contributed by atoms with E-state index >= 15 is 0 Å². The Hall–Kier alpha value is -0.820. The van der Waals surface area contributed by atoms with E-state index in [0.717, 1.165) is 24.3 Å². The van der Waals surface area contributed by atoms with E-state index in [1.165, 1.54) is 36.9 Å². The van der Waals surface area contributed by atoms with Gasteiger partial charge in [-0.1, -0.05) is 43.7 Å². The molecule has 1 aromatic carbocycles. The molecule has 1 fully saturated rings. The molecular formula is C17H27N. The minimum absolute atomic E-state index is 0.764. The van der Waals surface area contributed by atoms with Crippen LogP contribution in [0.4, 0.5) is 0 Å². The number of hydrogen-bond acceptors (Lipinski definition) is 1. The first-order valence-corrected chi connectivity index (χ1v) is 7.41. The molecule has 1 aromatic rings. The summed E-state index contributed by atoms with van der Waals surface area (Å²) in [5.41, 5.74) is 2.91. The van der Waals surface area contributed by atoms with E-state index < -0.39 is 0 Å². The standard InChI is InChI=1S/C17H27N/c1-13(2)11-18-12-17-8-7-16(17)10-15-6-4-5-14(3)9-15/h4-6,9,13,16-18H,7-8,10-12H2,1-3H3. The number of rotatable bonds is 6. The molecule has 0 amide bonds. The Morgan fingerprint density at radius 3 is 2.61 bits per heavy atom. The molecule has 0 radical (unpaired) electrons. The van der Waals surface area contributed by atoms with Crippen molar-refractivity contribution in [3.63, 3.8) is 0 Å². The lowest BCUT2D eigenvalue weighted by atomic mass is 9.70. The topological polar surface area (TPSA) is 12.0 Å². The molecule has 0 spiro atoms. The quantitative estimate of drug-likeness (QED) is 0.803. The van der Waals surface area contributed by atoms with E-state index in [4.69, 9.17) is 0 Å². The first kappa shape index (κ1) is 13.6. The fraction of sp³-hybridized carbons (Fsp3) is 0.647. The second-order valence-electron chi connectivity index (χ2n) is 6.34. The lowest BCUT2D eigenvalue weighted by Gasteiger charge is -2.37. The number of benzene rings is 1. The normalized spacial score (nSPS) is 23.1. The van der Waals surface area contributed by atoms with Crippen molar-refractivity contribution in [2.75, 3.05) is 13.1 Å². The Morgan fingerprint density at radius 2 is 2.00 bits per heavy atom. The molecule has 2 atom stereocenters. The molecular weight excluding hydrogens is 218 g/mol. The number of hydrogen-bond donors (Lipinski definition) is 1. The van der Waals surface area contributed by atoms with E-state index in [0.29, 0.717) is 0 Å². The Kier molecular flexibility index (Phi) is 4.82. The summed E-state index contributed by atoms with van der Waals surface area (Å²) in [7, 11) is 0. The molecule has 2 rings (SSSR count). The molecule has 1 heteroatoms. The van der Waals surface area contributed by atoms with E-state index in [9.17, 15) is 0 Å². The van der Waals surface area contributed by atoms with Crippen LogP contribution in [0, 0.1) is 24.7 Å². The van der Waals surface area contributed by atoms with Gasteiger partial charge in [-0.25, -0.2) is 0 Å². The van der Waals surface area contributed by atoms with Crippen molar-refractivity contribution >= 4 is 0 Å². The highest BCUT2D eigenvalue weighted by Crippen LogP contribution is 2.36. The van der Waals surface area contributed by atoms with Gasteiger partial charge in [0, 0.05) is 0 Å². The van der Waals surface area contributed by atoms with Gasteiger partial charge in [0.2, 0.25) is 0 Å². The average Bonchev–Trinajstić information content (AvgIpc) is 2.30. The number of aryl methyl sites for hydroxylation is 1. The minimum Gasteiger partial charge on any atom is -0.316 e. The largest absolute Gasteiger partial charge is 0.316 e. The van der Waals surface area contributed by atoms with E-state index in [1.807, 2.05) is 0 Å². The van der Waals surface area contributed by atoms with Crippen LogP contribution >= 0.6 is 0 Å². The van der Waals surface area contributed by atoms with Crippen LogP contribution in [-0.4, -0.2) is 13.1 Å². The van der Waals surface area contributed by atoms with Gasteiger partial charge >= 0.3 is 0 Å². The lowest BCUT2D eigenvalue weighted by molar-refractivity contribution is 0.169. The minimum atomic E-state index is 0.764. The maximum absolute atomic E-state index is 3.61. The highest BCUT2D eigenvalue weighted by molar-refractivity contribution is 5.23. The summed E-state index contributed by atoms with van der Waals surface area (Å²) in [6, 6.07) is 9.00. The Morgan fingerprint density at radius 1 is 1.22 bits per heavy atom. The summed E-state index contributed by atoms with van der Waals surface area (Å²) in [4.78, 5) is 0. The fourth-order valence-corrected chi connectivity index (χ4v) is 2.87. The van der Waals surface area contributed by atoms with Gasteiger partial charge in [-0.05, 0) is 62.6 Å². The monoisotopic (exact) mass is 245 g/mol. The van der Waals surface area contributed by atoms with Crippen molar-refractivity contribution in [1.29, 1.82) is 0 Å². The number of nitrogens with one attached hydrogen (secondary N) is 1. The molecule has 0 aliphatic heterocycles. The van der Waals surface area contributed by atoms with Crippen molar-refractivity contribution in [3.8, 4) is 0 Å². The van der Waals surface area contributed by atoms with E-state index in [1.54, 1.807) is 0 Å². The molecule has 2 unspecified atom stereocenters. The molecule has 1 N–H and O–H groups in total. The maximum atomic E-state index is 3.61. The van der Waals surface area contributed by atoms with Crippen molar-refractivity contribution in [2.45, 2.75) is 40.0 Å². The predicted molar refractivity (Wildman–Crippen MR) is 78.8 cm³/mol. The first-order chi connectivity index (χ1) is 8.65. The van der Waals surface area contributed by atoms with Gasteiger partial charge in [0.25, 0.3) is 0 Å². The van der Waals surface area contributed by atoms with E-state index in [2.05, 4.69) is 50.4 Å². The third-order valence-corrected chi connectivity index (χ3v) is 4.11. The summed E-state index contributed by atoms with van der Waals surface area (Å²) in [5, 5.41) is 3.61. The Bertz CT molecular complexity index is 370. The summed E-state index contributed by atoms with van der Waals surface area (Å²) in [6.45, 7) is 9.12. The SMILES string of the molecule is Cc1cccc(CC2CCC2CNCC(C)C)c1. The van der Waals surface area contributed by atoms with Crippen molar-refractivity contribution in [3.05, 3.63) is 35.4 Å². The van der Waals surface area contributed by atoms with Gasteiger partial charge in [0.05, 0.1) is 0 Å². The zero-order valence-corrected chi connectivity index (χ0v) is 12.1. The van der Waals surface area contributed by atoms with Crippen molar-refractivity contribution in [2.24, 2.45) is 17.8 Å². The third-order valence-electron chi connectivity index (χ3n) is 4.11. The molecule has 1 nitrogen and oxygen atoms in total. The van der Waals surface area contributed by atoms with Crippen LogP contribution < -0.4 is 5.32 Å².